The van der Waals surface area contributed by atoms with Crippen LogP contribution >= 0.6 is 0 Å². The third-order valence-electron chi connectivity index (χ3n) is 2.69. The van der Waals surface area contributed by atoms with E-state index in [9.17, 15) is 5.11 Å². The van der Waals surface area contributed by atoms with Crippen molar-refractivity contribution in [1.82, 2.24) is 0 Å². The molecular weight excluding hydrogens is 332 g/mol. The Labute approximate surface area is 139 Å². The third-order valence-corrected chi connectivity index (χ3v) is 12.5. The highest BCUT2D eigenvalue weighted by Gasteiger charge is 2.41. The van der Waals surface area contributed by atoms with E-state index >= 15 is 0 Å². The van der Waals surface area contributed by atoms with E-state index < -0.39 is 31.3 Å². The van der Waals surface area contributed by atoms with Crippen molar-refractivity contribution in [3.05, 3.63) is 0 Å². The Morgan fingerprint density at radius 2 is 1.32 bits per heavy atom. The maximum absolute atomic E-state index is 9.30. The van der Waals surface area contributed by atoms with Crippen molar-refractivity contribution in [1.29, 1.82) is 0 Å². The van der Waals surface area contributed by atoms with E-state index in [-0.39, 0.29) is 13.2 Å². The van der Waals surface area contributed by atoms with Crippen LogP contribution in [0, 0.1) is 5.92 Å². The fraction of sp³-hybridized carbons (Fsp3) is 1.00. The van der Waals surface area contributed by atoms with E-state index in [2.05, 4.69) is 52.8 Å². The average molecular weight is 369 g/mol. The summed E-state index contributed by atoms with van der Waals surface area (Å²) in [6, 6.07) is 0.886. The van der Waals surface area contributed by atoms with Gasteiger partial charge in [0.1, 0.15) is 6.10 Å². The first-order chi connectivity index (χ1) is 9.76. The molecule has 2 atom stereocenters. The smallest absolute Gasteiger partial charge is 0.314 e. The minimum Gasteiger partial charge on any atom is -0.437 e. The van der Waals surface area contributed by atoms with E-state index in [0.717, 1.165) is 6.04 Å². The van der Waals surface area contributed by atoms with Crippen LogP contribution in [0.4, 0.5) is 0 Å². The van der Waals surface area contributed by atoms with Gasteiger partial charge in [0.15, 0.2) is 16.6 Å². The third kappa shape index (κ3) is 11.9. The summed E-state index contributed by atoms with van der Waals surface area (Å²) >= 11 is 0. The molecule has 0 rings (SSSR count). The number of hydrogen-bond donors (Lipinski definition) is 2. The summed E-state index contributed by atoms with van der Waals surface area (Å²) in [5, 5.41) is 18.1. The van der Waals surface area contributed by atoms with Gasteiger partial charge in [-0.3, -0.25) is 0 Å². The molecule has 0 aliphatic rings. The van der Waals surface area contributed by atoms with Gasteiger partial charge in [-0.1, -0.05) is 6.92 Å². The zero-order valence-electron chi connectivity index (χ0n) is 15.6. The normalized spacial score (nSPS) is 16.6. The molecule has 0 aromatic heterocycles. The molecule has 0 aliphatic heterocycles. The van der Waals surface area contributed by atoms with Crippen LogP contribution in [0.3, 0.4) is 0 Å². The van der Waals surface area contributed by atoms with Crippen molar-refractivity contribution in [3.8, 4) is 0 Å². The summed E-state index contributed by atoms with van der Waals surface area (Å²) in [7, 11) is -5.58. The summed E-state index contributed by atoms with van der Waals surface area (Å²) in [5.41, 5.74) is 0. The SMILES string of the molecule is CC(COCC(O)CO)C[Si](C)(O[Si](C)(C)C)O[Si](C)(C)C. The molecule has 5 nitrogen and oxygen atoms in total. The topological polar surface area (TPSA) is 68.2 Å². The van der Waals surface area contributed by atoms with E-state index in [1.165, 1.54) is 0 Å². The highest BCUT2D eigenvalue weighted by atomic mass is 28.5. The van der Waals surface area contributed by atoms with Crippen LogP contribution in [0.25, 0.3) is 0 Å². The van der Waals surface area contributed by atoms with E-state index in [4.69, 9.17) is 18.1 Å². The molecule has 0 amide bonds. The van der Waals surface area contributed by atoms with Crippen molar-refractivity contribution in [2.24, 2.45) is 5.92 Å². The number of ether oxygens (including phenoxy) is 1. The molecule has 0 saturated carbocycles. The van der Waals surface area contributed by atoms with Gasteiger partial charge >= 0.3 is 8.56 Å². The molecule has 134 valence electrons. The van der Waals surface area contributed by atoms with Crippen LogP contribution < -0.4 is 0 Å². The van der Waals surface area contributed by atoms with Crippen LogP contribution in [0.5, 0.6) is 0 Å². The molecule has 0 fully saturated rings. The van der Waals surface area contributed by atoms with Crippen LogP contribution in [-0.4, -0.2) is 61.3 Å². The van der Waals surface area contributed by atoms with E-state index in [0.29, 0.717) is 12.5 Å². The fourth-order valence-corrected chi connectivity index (χ4v) is 15.5. The van der Waals surface area contributed by atoms with Gasteiger partial charge in [0, 0.05) is 6.61 Å². The maximum Gasteiger partial charge on any atom is 0.314 e. The minimum absolute atomic E-state index is 0.170. The van der Waals surface area contributed by atoms with Gasteiger partial charge in [-0.15, -0.1) is 0 Å². The molecular formula is C14H36O5Si3. The molecule has 0 radical (unpaired) electrons. The minimum atomic E-state index is -2.24. The molecule has 0 heterocycles. The summed E-state index contributed by atoms with van der Waals surface area (Å²) in [5.74, 6) is 0.301. The lowest BCUT2D eigenvalue weighted by molar-refractivity contribution is -0.00185. The Morgan fingerprint density at radius 1 is 0.864 bits per heavy atom. The van der Waals surface area contributed by atoms with Crippen molar-refractivity contribution >= 4 is 25.2 Å². The predicted octanol–water partition coefficient (Wildman–Crippen LogP) is 2.77. The Hall–Kier alpha value is 0.451. The number of aliphatic hydroxyl groups is 2. The van der Waals surface area contributed by atoms with Gasteiger partial charge in [-0.05, 0) is 57.8 Å². The first-order valence-corrected chi connectivity index (χ1v) is 17.4. The maximum atomic E-state index is 9.30. The monoisotopic (exact) mass is 368 g/mol. The number of rotatable bonds is 11. The molecule has 0 aliphatic carbocycles. The second-order valence-electron chi connectivity index (χ2n) is 8.25. The Morgan fingerprint density at radius 3 is 1.68 bits per heavy atom. The van der Waals surface area contributed by atoms with Crippen LogP contribution in [-0.2, 0) is 13.0 Å². The lowest BCUT2D eigenvalue weighted by atomic mass is 10.2. The highest BCUT2D eigenvalue weighted by Crippen LogP contribution is 2.27. The van der Waals surface area contributed by atoms with Crippen LogP contribution in [0.1, 0.15) is 6.92 Å². The number of hydrogen-bond acceptors (Lipinski definition) is 5. The predicted molar refractivity (Wildman–Crippen MR) is 98.4 cm³/mol. The lowest BCUT2D eigenvalue weighted by Gasteiger charge is -2.39. The van der Waals surface area contributed by atoms with Gasteiger partial charge in [0.05, 0.1) is 13.2 Å². The second-order valence-corrected chi connectivity index (χ2v) is 21.0. The number of aliphatic hydroxyl groups excluding tert-OH is 2. The molecule has 8 heteroatoms. The van der Waals surface area contributed by atoms with Gasteiger partial charge < -0.3 is 23.2 Å². The van der Waals surface area contributed by atoms with Gasteiger partial charge in [0.25, 0.3) is 0 Å². The largest absolute Gasteiger partial charge is 0.437 e. The Balaban J connectivity index is 4.62. The molecule has 0 saturated heterocycles. The van der Waals surface area contributed by atoms with E-state index in [1.807, 2.05) is 0 Å². The molecule has 22 heavy (non-hydrogen) atoms. The summed E-state index contributed by atoms with van der Waals surface area (Å²) < 4.78 is 18.4. The van der Waals surface area contributed by atoms with Gasteiger partial charge in [0.2, 0.25) is 0 Å². The van der Waals surface area contributed by atoms with Gasteiger partial charge in [-0.25, -0.2) is 0 Å². The molecule has 0 aromatic rings. The quantitative estimate of drug-likeness (QED) is 0.549. The summed E-state index contributed by atoms with van der Waals surface area (Å²) in [6.45, 7) is 17.9. The first kappa shape index (κ1) is 22.5. The second kappa shape index (κ2) is 9.07. The molecule has 0 spiro atoms. The van der Waals surface area contributed by atoms with Crippen molar-refractivity contribution in [3.63, 3.8) is 0 Å². The zero-order valence-corrected chi connectivity index (χ0v) is 18.6. The zero-order chi connectivity index (χ0) is 17.6. The van der Waals surface area contributed by atoms with Crippen LogP contribution in [0.15, 0.2) is 0 Å². The van der Waals surface area contributed by atoms with E-state index in [1.54, 1.807) is 0 Å². The Kier molecular flexibility index (Phi) is 9.26. The summed E-state index contributed by atoms with van der Waals surface area (Å²) in [4.78, 5) is 0. The lowest BCUT2D eigenvalue weighted by Crippen LogP contribution is -2.53. The highest BCUT2D eigenvalue weighted by molar-refractivity contribution is 6.87. The fourth-order valence-electron chi connectivity index (χ4n) is 2.55. The molecule has 0 bridgehead atoms. The first-order valence-electron chi connectivity index (χ1n) is 8.03. The van der Waals surface area contributed by atoms with Crippen molar-refractivity contribution < 1.29 is 23.2 Å². The Bertz CT molecular complexity index is 299. The molecule has 0 aromatic carbocycles. The standard InChI is InChI=1S/C14H36O5Si3/c1-13(10-17-11-14(16)9-15)12-22(8,18-20(2,3)4)19-21(5,6)7/h13-16H,9-12H2,1-8H3. The molecule has 2 N–H and O–H groups in total. The summed E-state index contributed by atoms with van der Waals surface area (Å²) in [6.07, 6.45) is -0.799. The van der Waals surface area contributed by atoms with Crippen LogP contribution in [0.2, 0.25) is 51.9 Å². The van der Waals surface area contributed by atoms with Crippen molar-refractivity contribution in [2.45, 2.75) is 64.9 Å². The molecule has 2 unspecified atom stereocenters. The average Bonchev–Trinajstić information content (AvgIpc) is 2.22. The van der Waals surface area contributed by atoms with Crippen molar-refractivity contribution in [2.75, 3.05) is 19.8 Å². The van der Waals surface area contributed by atoms with Gasteiger partial charge in [-0.2, -0.15) is 0 Å².